The minimum Gasteiger partial charge on any atom is -0.508 e. The molecule has 3 aromatic rings. The van der Waals surface area contributed by atoms with Gasteiger partial charge in [0.15, 0.2) is 24.3 Å². The summed E-state index contributed by atoms with van der Waals surface area (Å²) in [6.45, 7) is 1.58. The number of rotatable bonds is 7. The Hall–Kier alpha value is -4.00. The monoisotopic (exact) mass is 636 g/mol. The molecule has 1 aromatic heterocycles. The Bertz CT molecular complexity index is 1590. The second kappa shape index (κ2) is 12.8. The van der Waals surface area contributed by atoms with Gasteiger partial charge in [0.2, 0.25) is 17.5 Å². The number of aromatic hydroxyl groups is 3. The van der Waals surface area contributed by atoms with Crippen molar-refractivity contribution in [2.24, 2.45) is 0 Å². The lowest BCUT2D eigenvalue weighted by molar-refractivity contribution is -0.355. The summed E-state index contributed by atoms with van der Waals surface area (Å²) in [5, 5.41) is 81.8. The highest BCUT2D eigenvalue weighted by Gasteiger charge is 2.53. The summed E-state index contributed by atoms with van der Waals surface area (Å²) in [4.78, 5) is 25.9. The molecule has 3 heterocycles. The lowest BCUT2D eigenvalue weighted by Gasteiger charge is -2.46. The van der Waals surface area contributed by atoms with E-state index in [2.05, 4.69) is 0 Å². The molecule has 2 fully saturated rings. The van der Waals surface area contributed by atoms with Crippen molar-refractivity contribution in [2.45, 2.75) is 75.3 Å². The van der Waals surface area contributed by atoms with Crippen molar-refractivity contribution in [3.8, 4) is 34.3 Å². The molecular formula is C29H32O16. The first-order valence-corrected chi connectivity index (χ1v) is 13.8. The van der Waals surface area contributed by atoms with E-state index in [9.17, 15) is 50.4 Å². The zero-order valence-corrected chi connectivity index (χ0v) is 23.8. The molecule has 10 atom stereocenters. The fraction of sp³-hybridized carbons (Fsp3) is 0.448. The average Bonchev–Trinajstić information content (AvgIpc) is 2.98. The SMILES string of the molecule is CC(=O)O[C@H]1[C@H](O)[C@@H](CO)O[C@@H](Oc2c(-c3ccc(O)cc3)oc3cc(O)cc(O)c3c2=O)[C@@H]1O[C@@H]1O[C@@H](C)[C@H](O)[C@@H](O)[C@H]1O. The number of ether oxygens (including phenoxy) is 5. The number of phenolic OH excluding ortho intramolecular Hbond substituents is 3. The lowest BCUT2D eigenvalue weighted by Crippen LogP contribution is -2.65. The second-order valence-electron chi connectivity index (χ2n) is 10.7. The molecule has 45 heavy (non-hydrogen) atoms. The zero-order chi connectivity index (χ0) is 32.7. The van der Waals surface area contributed by atoms with Crippen LogP contribution in [0.3, 0.4) is 0 Å². The number of fused-ring (bicyclic) bond motifs is 1. The van der Waals surface area contributed by atoms with Gasteiger partial charge >= 0.3 is 5.97 Å². The molecule has 2 aromatic carbocycles. The Morgan fingerprint density at radius 2 is 1.56 bits per heavy atom. The maximum absolute atomic E-state index is 13.9. The van der Waals surface area contributed by atoms with Crippen LogP contribution in [0.2, 0.25) is 0 Å². The summed E-state index contributed by atoms with van der Waals surface area (Å²) >= 11 is 0. The molecular weight excluding hydrogens is 604 g/mol. The molecule has 5 rings (SSSR count). The summed E-state index contributed by atoms with van der Waals surface area (Å²) in [5.74, 6) is -3.01. The van der Waals surface area contributed by atoms with E-state index >= 15 is 0 Å². The van der Waals surface area contributed by atoms with Gasteiger partial charge in [-0.25, -0.2) is 0 Å². The van der Waals surface area contributed by atoms with Gasteiger partial charge in [-0.1, -0.05) is 0 Å². The van der Waals surface area contributed by atoms with Gasteiger partial charge < -0.3 is 69.0 Å². The Morgan fingerprint density at radius 1 is 0.867 bits per heavy atom. The molecule has 2 aliphatic rings. The first-order valence-electron chi connectivity index (χ1n) is 13.8. The predicted molar refractivity (Wildman–Crippen MR) is 148 cm³/mol. The van der Waals surface area contributed by atoms with Gasteiger partial charge in [-0.3, -0.25) is 9.59 Å². The second-order valence-corrected chi connectivity index (χ2v) is 10.7. The zero-order valence-electron chi connectivity index (χ0n) is 23.8. The van der Waals surface area contributed by atoms with E-state index in [0.29, 0.717) is 0 Å². The van der Waals surface area contributed by atoms with E-state index in [1.165, 1.54) is 31.2 Å². The Morgan fingerprint density at radius 3 is 2.20 bits per heavy atom. The van der Waals surface area contributed by atoms with Crippen LogP contribution in [-0.4, -0.2) is 115 Å². The summed E-state index contributed by atoms with van der Waals surface area (Å²) in [6.07, 6.45) is -16.3. The Balaban J connectivity index is 1.64. The molecule has 0 bridgehead atoms. The molecule has 0 unspecified atom stereocenters. The van der Waals surface area contributed by atoms with Crippen molar-refractivity contribution in [3.63, 3.8) is 0 Å². The van der Waals surface area contributed by atoms with Crippen molar-refractivity contribution < 1.29 is 73.7 Å². The van der Waals surface area contributed by atoms with Crippen molar-refractivity contribution in [3.05, 3.63) is 46.6 Å². The lowest BCUT2D eigenvalue weighted by atomic mass is 9.97. The Labute approximate surface area is 253 Å². The maximum Gasteiger partial charge on any atom is 0.303 e. The quantitative estimate of drug-likeness (QED) is 0.147. The molecule has 8 N–H and O–H groups in total. The van der Waals surface area contributed by atoms with Crippen molar-refractivity contribution >= 4 is 16.9 Å². The average molecular weight is 637 g/mol. The van der Waals surface area contributed by atoms with Gasteiger partial charge in [-0.15, -0.1) is 0 Å². The summed E-state index contributed by atoms with van der Waals surface area (Å²) < 4.78 is 34.3. The molecule has 0 saturated carbocycles. The fourth-order valence-corrected chi connectivity index (χ4v) is 5.18. The van der Waals surface area contributed by atoms with Crippen LogP contribution in [0.25, 0.3) is 22.3 Å². The van der Waals surface area contributed by atoms with Gasteiger partial charge in [-0.05, 0) is 31.2 Å². The molecule has 2 aliphatic heterocycles. The van der Waals surface area contributed by atoms with E-state index in [-0.39, 0.29) is 22.7 Å². The van der Waals surface area contributed by atoms with Crippen LogP contribution >= 0.6 is 0 Å². The number of carbonyl (C=O) groups excluding carboxylic acids is 1. The number of esters is 1. The van der Waals surface area contributed by atoms with Crippen LogP contribution in [-0.2, 0) is 23.7 Å². The van der Waals surface area contributed by atoms with E-state index < -0.39 is 102 Å². The molecule has 244 valence electrons. The molecule has 16 heteroatoms. The third kappa shape index (κ3) is 6.27. The van der Waals surface area contributed by atoms with Crippen LogP contribution in [0.1, 0.15) is 13.8 Å². The number of carbonyl (C=O) groups is 1. The highest BCUT2D eigenvalue weighted by molar-refractivity contribution is 5.88. The third-order valence-electron chi connectivity index (χ3n) is 7.48. The standard InChI is InChI=1S/C29H32O16/c1-10-19(35)22(38)23(39)28(40-10)45-27-25(41-11(2)31)20(36)17(9-30)43-29(27)44-26-21(37)18-15(34)7-14(33)8-16(18)42-24(26)12-3-5-13(32)6-4-12/h3-8,10,17,19-20,22-23,25,27-30,32-36,38-39H,9H2,1-2H3/t10-,17+,19-,20+,22+,23+,25-,27+,28-,29-/m0/s1. The van der Waals surface area contributed by atoms with Crippen LogP contribution in [0.15, 0.2) is 45.6 Å². The topological polar surface area (TPSA) is 255 Å². The molecule has 0 aliphatic carbocycles. The smallest absolute Gasteiger partial charge is 0.303 e. The summed E-state index contributed by atoms with van der Waals surface area (Å²) in [7, 11) is 0. The van der Waals surface area contributed by atoms with E-state index in [1.54, 1.807) is 0 Å². The van der Waals surface area contributed by atoms with Crippen molar-refractivity contribution in [1.29, 1.82) is 0 Å². The number of aliphatic hydroxyl groups excluding tert-OH is 5. The van der Waals surface area contributed by atoms with Gasteiger partial charge in [0.05, 0.1) is 12.7 Å². The number of phenols is 3. The summed E-state index contributed by atoms with van der Waals surface area (Å²) in [6, 6.07) is 7.27. The third-order valence-corrected chi connectivity index (χ3v) is 7.48. The van der Waals surface area contributed by atoms with Gasteiger partial charge in [0.1, 0.15) is 58.7 Å². The first-order chi connectivity index (χ1) is 21.3. The Kier molecular flexibility index (Phi) is 9.20. The van der Waals surface area contributed by atoms with Gasteiger partial charge in [0, 0.05) is 24.6 Å². The molecule has 2 saturated heterocycles. The van der Waals surface area contributed by atoms with Gasteiger partial charge in [0.25, 0.3) is 0 Å². The minimum atomic E-state index is -1.86. The van der Waals surface area contributed by atoms with Crippen molar-refractivity contribution in [1.82, 2.24) is 0 Å². The highest BCUT2D eigenvalue weighted by Crippen LogP contribution is 2.38. The van der Waals surface area contributed by atoms with Gasteiger partial charge in [-0.2, -0.15) is 0 Å². The van der Waals surface area contributed by atoms with E-state index in [4.69, 9.17) is 28.1 Å². The van der Waals surface area contributed by atoms with Crippen LogP contribution < -0.4 is 10.2 Å². The van der Waals surface area contributed by atoms with E-state index in [1.807, 2.05) is 0 Å². The number of hydrogen-bond donors (Lipinski definition) is 8. The molecule has 16 nitrogen and oxygen atoms in total. The number of hydrogen-bond acceptors (Lipinski definition) is 16. The molecule has 0 radical (unpaired) electrons. The number of aliphatic hydroxyl groups is 5. The summed E-state index contributed by atoms with van der Waals surface area (Å²) in [5.41, 5.74) is -1.05. The normalized spacial score (nSPS) is 31.9. The first kappa shape index (κ1) is 32.4. The highest BCUT2D eigenvalue weighted by atomic mass is 16.8. The molecule has 0 spiro atoms. The van der Waals surface area contributed by atoms with Crippen molar-refractivity contribution in [2.75, 3.05) is 6.61 Å². The maximum atomic E-state index is 13.9. The predicted octanol–water partition coefficient (Wildman–Crippen LogP) is -0.822. The minimum absolute atomic E-state index is 0.125. The van der Waals surface area contributed by atoms with E-state index in [0.717, 1.165) is 19.1 Å². The van der Waals surface area contributed by atoms with Crippen LogP contribution in [0, 0.1) is 0 Å². The van der Waals surface area contributed by atoms with Crippen LogP contribution in [0.5, 0.6) is 23.0 Å². The largest absolute Gasteiger partial charge is 0.508 e. The number of benzene rings is 2. The fourth-order valence-electron chi connectivity index (χ4n) is 5.18. The molecule has 0 amide bonds. The van der Waals surface area contributed by atoms with Crippen LogP contribution in [0.4, 0.5) is 0 Å².